The predicted octanol–water partition coefficient (Wildman–Crippen LogP) is 1.79. The quantitative estimate of drug-likeness (QED) is 0.831. The maximum atomic E-state index is 10.6. The van der Waals surface area contributed by atoms with Crippen LogP contribution in [0.25, 0.3) is 5.69 Å². The van der Waals surface area contributed by atoms with Crippen LogP contribution in [-0.2, 0) is 4.79 Å². The fraction of sp³-hybridized carbons (Fsp3) is 0.100. The highest BCUT2D eigenvalue weighted by Gasteiger charge is 2.13. The summed E-state index contributed by atoms with van der Waals surface area (Å²) in [5, 5.41) is 16.7. The first-order valence-electron chi connectivity index (χ1n) is 4.89. The van der Waals surface area contributed by atoms with Crippen LogP contribution in [-0.4, -0.2) is 31.6 Å². The van der Waals surface area contributed by atoms with Gasteiger partial charge >= 0.3 is 5.97 Å². The number of benzene rings is 1. The molecule has 0 saturated heterocycles. The van der Waals surface area contributed by atoms with Crippen LogP contribution in [0.2, 0.25) is 0 Å². The molecule has 0 fully saturated rings. The number of nitrogens with zero attached hydrogens (tertiary/aromatic N) is 3. The Hall–Kier alpha value is -1.54. The van der Waals surface area contributed by atoms with Gasteiger partial charge in [-0.2, -0.15) is 0 Å². The molecule has 2 rings (SSSR count). The zero-order valence-electron chi connectivity index (χ0n) is 9.08. The number of thioether (sulfide) groups is 1. The second-order valence-corrected chi connectivity index (χ2v) is 5.19. The van der Waals surface area contributed by atoms with E-state index >= 15 is 0 Å². The third-order valence-electron chi connectivity index (χ3n) is 2.07. The molecule has 0 aliphatic rings. The lowest BCUT2D eigenvalue weighted by Crippen LogP contribution is -2.04. The fourth-order valence-corrected chi connectivity index (χ4v) is 2.28. The van der Waals surface area contributed by atoms with Crippen molar-refractivity contribution in [3.8, 4) is 5.69 Å². The van der Waals surface area contributed by atoms with Crippen LogP contribution in [0, 0.1) is 0 Å². The summed E-state index contributed by atoms with van der Waals surface area (Å²) in [5.41, 5.74) is 6.52. The van der Waals surface area contributed by atoms with Crippen molar-refractivity contribution in [3.05, 3.63) is 28.7 Å². The summed E-state index contributed by atoms with van der Waals surface area (Å²) in [6.45, 7) is 0. The minimum atomic E-state index is -0.913. The van der Waals surface area contributed by atoms with E-state index in [9.17, 15) is 4.79 Å². The van der Waals surface area contributed by atoms with Crippen molar-refractivity contribution in [2.75, 3.05) is 11.5 Å². The number of aromatic nitrogens is 3. The van der Waals surface area contributed by atoms with Crippen LogP contribution in [0.15, 0.2) is 33.9 Å². The second kappa shape index (κ2) is 5.40. The van der Waals surface area contributed by atoms with E-state index in [0.29, 0.717) is 5.16 Å². The Labute approximate surface area is 115 Å². The van der Waals surface area contributed by atoms with Gasteiger partial charge in [-0.1, -0.05) is 27.7 Å². The number of carboxylic acids is 1. The summed E-state index contributed by atoms with van der Waals surface area (Å²) in [7, 11) is 0. The molecular formula is C10H9BrN4O2S. The molecule has 0 unspecified atom stereocenters. The van der Waals surface area contributed by atoms with Crippen LogP contribution in [0.3, 0.4) is 0 Å². The first kappa shape index (κ1) is 12.9. The van der Waals surface area contributed by atoms with Gasteiger partial charge in [-0.3, -0.25) is 9.36 Å². The minimum absolute atomic E-state index is 0.0886. The monoisotopic (exact) mass is 328 g/mol. The lowest BCUT2D eigenvalue weighted by Gasteiger charge is -2.07. The summed E-state index contributed by atoms with van der Waals surface area (Å²) in [6.07, 6.45) is 0. The molecule has 18 heavy (non-hydrogen) atoms. The van der Waals surface area contributed by atoms with Crippen molar-refractivity contribution in [2.24, 2.45) is 0 Å². The number of hydrogen-bond donors (Lipinski definition) is 2. The zero-order valence-corrected chi connectivity index (χ0v) is 11.5. The lowest BCUT2D eigenvalue weighted by atomic mass is 10.3. The first-order chi connectivity index (χ1) is 8.58. The van der Waals surface area contributed by atoms with Crippen LogP contribution in [0.5, 0.6) is 0 Å². The van der Waals surface area contributed by atoms with Gasteiger partial charge in [0.2, 0.25) is 5.95 Å². The number of carbonyl (C=O) groups is 1. The summed E-state index contributed by atoms with van der Waals surface area (Å²) >= 11 is 4.41. The third kappa shape index (κ3) is 2.82. The largest absolute Gasteiger partial charge is 0.481 e. The van der Waals surface area contributed by atoms with Crippen molar-refractivity contribution in [1.82, 2.24) is 14.8 Å². The SMILES string of the molecule is Nc1nnc(SCC(=O)O)n1-c1ccc(Br)cc1. The highest BCUT2D eigenvalue weighted by Crippen LogP contribution is 2.24. The normalized spacial score (nSPS) is 10.5. The van der Waals surface area contributed by atoms with E-state index in [2.05, 4.69) is 26.1 Å². The highest BCUT2D eigenvalue weighted by molar-refractivity contribution is 9.10. The van der Waals surface area contributed by atoms with Gasteiger partial charge in [0.25, 0.3) is 0 Å². The van der Waals surface area contributed by atoms with Crippen LogP contribution in [0.1, 0.15) is 0 Å². The van der Waals surface area contributed by atoms with Gasteiger partial charge in [-0.05, 0) is 24.3 Å². The number of anilines is 1. The fourth-order valence-electron chi connectivity index (χ4n) is 1.33. The number of hydrogen-bond acceptors (Lipinski definition) is 5. The van der Waals surface area contributed by atoms with E-state index in [1.54, 1.807) is 4.57 Å². The van der Waals surface area contributed by atoms with E-state index < -0.39 is 5.97 Å². The van der Waals surface area contributed by atoms with Crippen molar-refractivity contribution in [3.63, 3.8) is 0 Å². The highest BCUT2D eigenvalue weighted by atomic mass is 79.9. The molecule has 0 saturated carbocycles. The topological polar surface area (TPSA) is 94.0 Å². The average molecular weight is 329 g/mol. The van der Waals surface area contributed by atoms with E-state index in [0.717, 1.165) is 21.9 Å². The van der Waals surface area contributed by atoms with E-state index in [1.165, 1.54) is 0 Å². The summed E-state index contributed by atoms with van der Waals surface area (Å²) < 4.78 is 2.55. The van der Waals surface area contributed by atoms with Gasteiger partial charge in [-0.25, -0.2) is 0 Å². The van der Waals surface area contributed by atoms with Crippen molar-refractivity contribution < 1.29 is 9.90 Å². The predicted molar refractivity (Wildman–Crippen MR) is 71.8 cm³/mol. The third-order valence-corrected chi connectivity index (χ3v) is 3.51. The van der Waals surface area contributed by atoms with Crippen LogP contribution >= 0.6 is 27.7 Å². The summed E-state index contributed by atoms with van der Waals surface area (Å²) in [5.74, 6) is -0.775. The molecule has 1 aromatic carbocycles. The van der Waals surface area contributed by atoms with Gasteiger partial charge < -0.3 is 10.8 Å². The number of aliphatic carboxylic acids is 1. The maximum absolute atomic E-state index is 10.6. The molecule has 0 aliphatic carbocycles. The molecule has 1 aromatic heterocycles. The molecular weight excluding hydrogens is 320 g/mol. The van der Waals surface area contributed by atoms with Gasteiger partial charge in [-0.15, -0.1) is 10.2 Å². The van der Waals surface area contributed by atoms with E-state index in [1.807, 2.05) is 24.3 Å². The Morgan fingerprint density at radius 3 is 2.67 bits per heavy atom. The van der Waals surface area contributed by atoms with E-state index in [-0.39, 0.29) is 11.7 Å². The molecule has 0 aliphatic heterocycles. The molecule has 8 heteroatoms. The summed E-state index contributed by atoms with van der Waals surface area (Å²) in [6, 6.07) is 7.41. The Bertz CT molecular complexity index is 570. The maximum Gasteiger partial charge on any atom is 0.313 e. The lowest BCUT2D eigenvalue weighted by molar-refractivity contribution is -0.133. The number of nitrogens with two attached hydrogens (primary N) is 1. The first-order valence-corrected chi connectivity index (χ1v) is 6.67. The van der Waals surface area contributed by atoms with Gasteiger partial charge in [0.05, 0.1) is 11.4 Å². The van der Waals surface area contributed by atoms with Crippen molar-refractivity contribution >= 4 is 39.6 Å². The Morgan fingerprint density at radius 2 is 2.06 bits per heavy atom. The Balaban J connectivity index is 2.34. The molecule has 6 nitrogen and oxygen atoms in total. The molecule has 0 atom stereocenters. The number of rotatable bonds is 4. The average Bonchev–Trinajstić information content (AvgIpc) is 2.69. The molecule has 94 valence electrons. The molecule has 3 N–H and O–H groups in total. The number of carboxylic acid groups (broad SMARTS) is 1. The Kier molecular flexibility index (Phi) is 3.87. The Morgan fingerprint density at radius 1 is 1.39 bits per heavy atom. The molecule has 0 spiro atoms. The molecule has 0 amide bonds. The minimum Gasteiger partial charge on any atom is -0.481 e. The molecule has 0 radical (unpaired) electrons. The van der Waals surface area contributed by atoms with Crippen LogP contribution < -0.4 is 5.73 Å². The van der Waals surface area contributed by atoms with E-state index in [4.69, 9.17) is 10.8 Å². The van der Waals surface area contributed by atoms with Gasteiger partial charge in [0.1, 0.15) is 0 Å². The smallest absolute Gasteiger partial charge is 0.313 e. The van der Waals surface area contributed by atoms with Crippen molar-refractivity contribution in [2.45, 2.75) is 5.16 Å². The molecule has 0 bridgehead atoms. The standard InChI is InChI=1S/C10H9BrN4O2S/c11-6-1-3-7(4-2-6)15-9(12)13-14-10(15)18-5-8(16)17/h1-4H,5H2,(H2,12,13)(H,16,17). The van der Waals surface area contributed by atoms with Crippen molar-refractivity contribution in [1.29, 1.82) is 0 Å². The van der Waals surface area contributed by atoms with Gasteiger partial charge in [0.15, 0.2) is 5.16 Å². The number of halogens is 1. The van der Waals surface area contributed by atoms with Crippen LogP contribution in [0.4, 0.5) is 5.95 Å². The molecule has 1 heterocycles. The molecule has 2 aromatic rings. The zero-order chi connectivity index (χ0) is 13.1. The second-order valence-electron chi connectivity index (χ2n) is 3.34. The van der Waals surface area contributed by atoms with Gasteiger partial charge in [0, 0.05) is 4.47 Å². The summed E-state index contributed by atoms with van der Waals surface area (Å²) in [4.78, 5) is 10.6. The number of nitrogen functional groups attached to an aromatic ring is 1.